The molecule has 0 aliphatic carbocycles. The van der Waals surface area contributed by atoms with E-state index in [1.54, 1.807) is 7.11 Å². The van der Waals surface area contributed by atoms with Crippen molar-refractivity contribution in [1.82, 2.24) is 0 Å². The summed E-state index contributed by atoms with van der Waals surface area (Å²) < 4.78 is 5.28. The molecule has 1 N–H and O–H groups in total. The van der Waals surface area contributed by atoms with Crippen LogP contribution in [0, 0.1) is 26.7 Å². The topological polar surface area (TPSA) is 21.3 Å². The van der Waals surface area contributed by atoms with Crippen LogP contribution >= 0.6 is 0 Å². The first-order chi connectivity index (χ1) is 7.95. The fraction of sp³-hybridized carbons (Fsp3) is 0.600. The second-order valence-corrected chi connectivity index (χ2v) is 5.22. The first kappa shape index (κ1) is 14.0. The van der Waals surface area contributed by atoms with Gasteiger partial charge >= 0.3 is 0 Å². The monoisotopic (exact) mass is 235 g/mol. The summed E-state index contributed by atoms with van der Waals surface area (Å²) in [4.78, 5) is 0. The zero-order valence-electron chi connectivity index (χ0n) is 11.9. The minimum absolute atomic E-state index is 0.361. The number of benzene rings is 1. The second-order valence-electron chi connectivity index (χ2n) is 5.22. The Balaban J connectivity index is 2.93. The van der Waals surface area contributed by atoms with E-state index in [0.717, 1.165) is 6.61 Å². The first-order valence-corrected chi connectivity index (χ1v) is 6.29. The van der Waals surface area contributed by atoms with Crippen LogP contribution in [-0.4, -0.2) is 19.8 Å². The zero-order valence-corrected chi connectivity index (χ0v) is 11.9. The van der Waals surface area contributed by atoms with Crippen LogP contribution < -0.4 is 5.32 Å². The van der Waals surface area contributed by atoms with Crippen molar-refractivity contribution >= 4 is 5.69 Å². The van der Waals surface area contributed by atoms with E-state index in [0.29, 0.717) is 12.0 Å². The van der Waals surface area contributed by atoms with Gasteiger partial charge in [-0.3, -0.25) is 0 Å². The lowest BCUT2D eigenvalue weighted by atomic mass is 10.0. The predicted octanol–water partition coefficient (Wildman–Crippen LogP) is 3.69. The SMILES string of the molecule is COCC(Nc1c(C)cc(C)cc1C)C(C)C. The molecule has 2 nitrogen and oxygen atoms in total. The van der Waals surface area contributed by atoms with Gasteiger partial charge in [-0.05, 0) is 37.8 Å². The summed E-state index contributed by atoms with van der Waals surface area (Å²) in [6.45, 7) is 11.6. The summed E-state index contributed by atoms with van der Waals surface area (Å²) >= 11 is 0. The number of aryl methyl sites for hydroxylation is 3. The molecule has 0 amide bonds. The summed E-state index contributed by atoms with van der Waals surface area (Å²) in [6, 6.07) is 4.80. The predicted molar refractivity (Wildman–Crippen MR) is 74.8 cm³/mol. The number of hydrogen-bond donors (Lipinski definition) is 1. The first-order valence-electron chi connectivity index (χ1n) is 6.29. The largest absolute Gasteiger partial charge is 0.383 e. The third-order valence-corrected chi connectivity index (χ3v) is 3.16. The summed E-state index contributed by atoms with van der Waals surface area (Å²) in [6.07, 6.45) is 0. The number of hydrogen-bond acceptors (Lipinski definition) is 2. The van der Waals surface area contributed by atoms with Gasteiger partial charge in [0.05, 0.1) is 12.6 Å². The molecule has 2 heteroatoms. The van der Waals surface area contributed by atoms with Crippen LogP contribution in [0.3, 0.4) is 0 Å². The lowest BCUT2D eigenvalue weighted by molar-refractivity contribution is 0.171. The lowest BCUT2D eigenvalue weighted by Gasteiger charge is -2.25. The average molecular weight is 235 g/mol. The van der Waals surface area contributed by atoms with Crippen molar-refractivity contribution in [3.05, 3.63) is 28.8 Å². The third-order valence-electron chi connectivity index (χ3n) is 3.16. The van der Waals surface area contributed by atoms with Gasteiger partial charge in [0.1, 0.15) is 0 Å². The molecule has 1 rings (SSSR count). The van der Waals surface area contributed by atoms with Gasteiger partial charge < -0.3 is 10.1 Å². The van der Waals surface area contributed by atoms with Crippen LogP contribution in [0.15, 0.2) is 12.1 Å². The Labute approximate surface area is 105 Å². The van der Waals surface area contributed by atoms with Crippen molar-refractivity contribution in [2.75, 3.05) is 19.0 Å². The molecule has 0 saturated heterocycles. The number of rotatable bonds is 5. The van der Waals surface area contributed by atoms with Crippen molar-refractivity contribution < 1.29 is 4.74 Å². The maximum Gasteiger partial charge on any atom is 0.0666 e. The maximum absolute atomic E-state index is 5.28. The van der Waals surface area contributed by atoms with E-state index in [9.17, 15) is 0 Å². The van der Waals surface area contributed by atoms with Crippen molar-refractivity contribution in [2.45, 2.75) is 40.7 Å². The van der Waals surface area contributed by atoms with E-state index in [1.165, 1.54) is 22.4 Å². The van der Waals surface area contributed by atoms with Crippen molar-refractivity contribution in [2.24, 2.45) is 5.92 Å². The van der Waals surface area contributed by atoms with Gasteiger partial charge in [-0.15, -0.1) is 0 Å². The van der Waals surface area contributed by atoms with E-state index < -0.39 is 0 Å². The van der Waals surface area contributed by atoms with Crippen LogP contribution in [0.4, 0.5) is 5.69 Å². The highest BCUT2D eigenvalue weighted by molar-refractivity contribution is 5.58. The molecular weight excluding hydrogens is 210 g/mol. The summed E-state index contributed by atoms with van der Waals surface area (Å²) in [5, 5.41) is 3.62. The molecule has 1 atom stereocenters. The maximum atomic E-state index is 5.28. The zero-order chi connectivity index (χ0) is 13.0. The molecule has 0 saturated carbocycles. The Morgan fingerprint density at radius 3 is 2.06 bits per heavy atom. The number of anilines is 1. The Hall–Kier alpha value is -1.02. The summed E-state index contributed by atoms with van der Waals surface area (Å²) in [5.74, 6) is 0.551. The van der Waals surface area contributed by atoms with E-state index in [-0.39, 0.29) is 0 Å². The number of methoxy groups -OCH3 is 1. The molecule has 0 bridgehead atoms. The molecule has 17 heavy (non-hydrogen) atoms. The van der Waals surface area contributed by atoms with Crippen LogP contribution in [0.25, 0.3) is 0 Å². The summed E-state index contributed by atoms with van der Waals surface area (Å²) in [5.41, 5.74) is 5.19. The number of nitrogens with one attached hydrogen (secondary N) is 1. The fourth-order valence-corrected chi connectivity index (χ4v) is 2.17. The van der Waals surface area contributed by atoms with Crippen LogP contribution in [0.1, 0.15) is 30.5 Å². The lowest BCUT2D eigenvalue weighted by Crippen LogP contribution is -2.31. The molecule has 0 aliphatic heterocycles. The van der Waals surface area contributed by atoms with Crippen molar-refractivity contribution in [3.63, 3.8) is 0 Å². The minimum Gasteiger partial charge on any atom is -0.383 e. The van der Waals surface area contributed by atoms with Crippen LogP contribution in [0.2, 0.25) is 0 Å². The molecule has 0 aromatic heterocycles. The normalized spacial score (nSPS) is 12.9. The van der Waals surface area contributed by atoms with Gasteiger partial charge in [0.25, 0.3) is 0 Å². The van der Waals surface area contributed by atoms with E-state index >= 15 is 0 Å². The Morgan fingerprint density at radius 2 is 1.65 bits per heavy atom. The highest BCUT2D eigenvalue weighted by Gasteiger charge is 2.15. The van der Waals surface area contributed by atoms with E-state index in [4.69, 9.17) is 4.74 Å². The van der Waals surface area contributed by atoms with Crippen LogP contribution in [-0.2, 0) is 4.74 Å². The molecule has 0 aliphatic rings. The highest BCUT2D eigenvalue weighted by Crippen LogP contribution is 2.24. The minimum atomic E-state index is 0.361. The Kier molecular flexibility index (Phi) is 5.01. The highest BCUT2D eigenvalue weighted by atomic mass is 16.5. The van der Waals surface area contributed by atoms with Gasteiger partial charge in [-0.2, -0.15) is 0 Å². The van der Waals surface area contributed by atoms with Crippen molar-refractivity contribution in [3.8, 4) is 0 Å². The van der Waals surface area contributed by atoms with Crippen LogP contribution in [0.5, 0.6) is 0 Å². The molecule has 1 aromatic rings. The molecular formula is C15H25NO. The second kappa shape index (κ2) is 6.06. The molecule has 0 radical (unpaired) electrons. The molecule has 0 heterocycles. The van der Waals surface area contributed by atoms with Gasteiger partial charge in [0.15, 0.2) is 0 Å². The smallest absolute Gasteiger partial charge is 0.0666 e. The standard InChI is InChI=1S/C15H25NO/c1-10(2)14(9-17-6)16-15-12(4)7-11(3)8-13(15)5/h7-8,10,14,16H,9H2,1-6H3. The molecule has 1 aromatic carbocycles. The number of ether oxygens (including phenoxy) is 1. The van der Waals surface area contributed by atoms with E-state index in [2.05, 4.69) is 52.1 Å². The van der Waals surface area contributed by atoms with Gasteiger partial charge in [-0.25, -0.2) is 0 Å². The third kappa shape index (κ3) is 3.74. The Morgan fingerprint density at radius 1 is 1.12 bits per heavy atom. The quantitative estimate of drug-likeness (QED) is 0.840. The van der Waals surface area contributed by atoms with Gasteiger partial charge in [-0.1, -0.05) is 31.5 Å². The molecule has 96 valence electrons. The fourth-order valence-electron chi connectivity index (χ4n) is 2.17. The van der Waals surface area contributed by atoms with Gasteiger partial charge in [0, 0.05) is 12.8 Å². The van der Waals surface area contributed by atoms with Gasteiger partial charge in [0.2, 0.25) is 0 Å². The molecule has 0 spiro atoms. The molecule has 0 fully saturated rings. The molecule has 1 unspecified atom stereocenters. The summed E-state index contributed by atoms with van der Waals surface area (Å²) in [7, 11) is 1.76. The average Bonchev–Trinajstić information content (AvgIpc) is 2.21. The van der Waals surface area contributed by atoms with Crippen molar-refractivity contribution in [1.29, 1.82) is 0 Å². The van der Waals surface area contributed by atoms with E-state index in [1.807, 2.05) is 0 Å². The Bertz CT molecular complexity index is 348.